The summed E-state index contributed by atoms with van der Waals surface area (Å²) >= 11 is 0. The van der Waals surface area contributed by atoms with E-state index < -0.39 is 5.97 Å². The molecule has 0 spiro atoms. The molecule has 0 atom stereocenters. The number of aromatic nitrogens is 2. The number of hydrogen-bond donors (Lipinski definition) is 2. The zero-order valence-corrected chi connectivity index (χ0v) is 27.2. The fourth-order valence-electron chi connectivity index (χ4n) is 5.79. The van der Waals surface area contributed by atoms with Gasteiger partial charge in [-0.25, -0.2) is 0 Å². The van der Waals surface area contributed by atoms with Crippen LogP contribution < -0.4 is 10.2 Å². The number of amides is 2. The summed E-state index contributed by atoms with van der Waals surface area (Å²) in [6, 6.07) is 16.0. The third-order valence-electron chi connectivity index (χ3n) is 8.96. The summed E-state index contributed by atoms with van der Waals surface area (Å²) in [5.41, 5.74) is 5.65. The number of aryl methyl sites for hydroxylation is 1. The molecule has 10 heteroatoms. The number of nitrogens with one attached hydrogen (secondary N) is 1. The van der Waals surface area contributed by atoms with Gasteiger partial charge < -0.3 is 25.1 Å². The van der Waals surface area contributed by atoms with E-state index in [0.717, 1.165) is 79.2 Å². The van der Waals surface area contributed by atoms with E-state index in [1.54, 1.807) is 22.7 Å². The lowest BCUT2D eigenvalue weighted by molar-refractivity contribution is -0.137. The lowest BCUT2D eigenvalue weighted by atomic mass is 9.85. The number of carboxylic acid groups (broad SMARTS) is 1. The lowest BCUT2D eigenvalue weighted by Crippen LogP contribution is -2.44. The molecule has 2 N–H and O–H groups in total. The topological polar surface area (TPSA) is 111 Å². The Morgan fingerprint density at radius 2 is 1.69 bits per heavy atom. The Hall–Kier alpha value is -4.18. The number of hydrogen-bond acceptors (Lipinski definition) is 6. The number of nitrogens with zero attached hydrogens (tertiary/aromatic N) is 5. The number of anilines is 2. The molecule has 2 fully saturated rings. The van der Waals surface area contributed by atoms with E-state index in [2.05, 4.69) is 45.5 Å². The molecule has 0 unspecified atom stereocenters. The minimum Gasteiger partial charge on any atom is -0.481 e. The Morgan fingerprint density at radius 1 is 0.978 bits per heavy atom. The summed E-state index contributed by atoms with van der Waals surface area (Å²) < 4.78 is 1.58. The van der Waals surface area contributed by atoms with E-state index >= 15 is 0 Å². The van der Waals surface area contributed by atoms with Crippen molar-refractivity contribution in [3.63, 3.8) is 0 Å². The zero-order valence-electron chi connectivity index (χ0n) is 27.2. The number of carbonyl (C=O) groups is 3. The zero-order chi connectivity index (χ0) is 32.3. The quantitative estimate of drug-likeness (QED) is 0.331. The Morgan fingerprint density at radius 3 is 2.31 bits per heavy atom. The monoisotopic (exact) mass is 614 g/mol. The van der Waals surface area contributed by atoms with Gasteiger partial charge >= 0.3 is 5.97 Å². The highest BCUT2D eigenvalue weighted by Gasteiger charge is 2.28. The predicted octanol–water partition coefficient (Wildman–Crippen LogP) is 4.99. The third kappa shape index (κ3) is 7.73. The second-order valence-corrected chi connectivity index (χ2v) is 13.5. The van der Waals surface area contributed by atoms with Crippen molar-refractivity contribution in [2.24, 2.45) is 13.0 Å². The highest BCUT2D eigenvalue weighted by Crippen LogP contribution is 2.35. The third-order valence-corrected chi connectivity index (χ3v) is 8.96. The number of aliphatic carboxylic acids is 1. The summed E-state index contributed by atoms with van der Waals surface area (Å²) in [6.07, 6.45) is 2.81. The first-order valence-corrected chi connectivity index (χ1v) is 15.9. The van der Waals surface area contributed by atoms with E-state index in [0.29, 0.717) is 5.69 Å². The van der Waals surface area contributed by atoms with Crippen LogP contribution in [0.2, 0.25) is 0 Å². The first-order chi connectivity index (χ1) is 21.4. The second-order valence-electron chi connectivity index (χ2n) is 13.5. The van der Waals surface area contributed by atoms with Crippen LogP contribution in [0.25, 0.3) is 11.1 Å². The maximum atomic E-state index is 13.7. The van der Waals surface area contributed by atoms with E-state index in [4.69, 9.17) is 0 Å². The number of piperazine rings is 1. The van der Waals surface area contributed by atoms with Crippen molar-refractivity contribution in [1.82, 2.24) is 19.6 Å². The molecule has 45 heavy (non-hydrogen) atoms. The molecule has 0 radical (unpaired) electrons. The summed E-state index contributed by atoms with van der Waals surface area (Å²) in [6.45, 7) is 10.2. The van der Waals surface area contributed by atoms with Crippen molar-refractivity contribution in [2.75, 3.05) is 50.0 Å². The highest BCUT2D eigenvalue weighted by molar-refractivity contribution is 5.97. The molecule has 5 rings (SSSR count). The number of rotatable bonds is 10. The molecule has 1 aromatic heterocycles. The molecular weight excluding hydrogens is 568 g/mol. The van der Waals surface area contributed by atoms with Gasteiger partial charge in [-0.15, -0.1) is 0 Å². The van der Waals surface area contributed by atoms with Crippen molar-refractivity contribution in [2.45, 2.75) is 58.4 Å². The average molecular weight is 615 g/mol. The van der Waals surface area contributed by atoms with Gasteiger partial charge in [0, 0.05) is 57.6 Å². The van der Waals surface area contributed by atoms with Crippen LogP contribution in [-0.2, 0) is 28.6 Å². The summed E-state index contributed by atoms with van der Waals surface area (Å²) in [7, 11) is 3.87. The molecule has 1 aliphatic carbocycles. The molecular formula is C35H46N6O4. The van der Waals surface area contributed by atoms with Gasteiger partial charge in [0.2, 0.25) is 5.91 Å². The van der Waals surface area contributed by atoms with Crippen molar-refractivity contribution in [1.29, 1.82) is 0 Å². The number of carbonyl (C=O) groups excluding carboxylic acids is 2. The fourth-order valence-corrected chi connectivity index (χ4v) is 5.79. The maximum absolute atomic E-state index is 13.7. The first-order valence-electron chi connectivity index (χ1n) is 15.9. The van der Waals surface area contributed by atoms with Gasteiger partial charge in [-0.2, -0.15) is 5.10 Å². The van der Waals surface area contributed by atoms with Crippen LogP contribution in [0.3, 0.4) is 0 Å². The largest absolute Gasteiger partial charge is 0.481 e. The number of likely N-dealkylation sites (N-methyl/N-ethyl adjacent to an activating group) is 1. The average Bonchev–Trinajstić information content (AvgIpc) is 3.37. The van der Waals surface area contributed by atoms with Gasteiger partial charge in [-0.05, 0) is 60.8 Å². The predicted molar refractivity (Wildman–Crippen MR) is 176 cm³/mol. The number of benzene rings is 2. The van der Waals surface area contributed by atoms with Gasteiger partial charge in [0.15, 0.2) is 0 Å². The molecule has 2 aliphatic rings. The first kappa shape index (κ1) is 32.2. The van der Waals surface area contributed by atoms with Crippen LogP contribution in [0.4, 0.5) is 11.4 Å². The maximum Gasteiger partial charge on any atom is 0.305 e. The Kier molecular flexibility index (Phi) is 9.62. The molecule has 2 amide bonds. The van der Waals surface area contributed by atoms with Gasteiger partial charge in [0.05, 0.1) is 23.5 Å². The standard InChI is InChI=1S/C35H46N6O4/c1-35(2,3)31-22-30(39(5)37-31)34(45)41(15-14-32(42)43)23-24-8-6-11-26(20-24)27-12-13-29(40-18-16-38(4)17-19-40)28(21-27)36-33(44)25-9-7-10-25/h6,8,11-13,20-22,25H,7,9-10,14-19,23H2,1-5H3,(H,36,44)(H,42,43). The van der Waals surface area contributed by atoms with Crippen LogP contribution >= 0.6 is 0 Å². The Bertz CT molecular complexity index is 1550. The van der Waals surface area contributed by atoms with Crippen molar-refractivity contribution >= 4 is 29.2 Å². The van der Waals surface area contributed by atoms with Crippen molar-refractivity contribution in [3.05, 3.63) is 65.5 Å². The van der Waals surface area contributed by atoms with Crippen molar-refractivity contribution in [3.8, 4) is 11.1 Å². The van der Waals surface area contributed by atoms with E-state index in [9.17, 15) is 19.5 Å². The van der Waals surface area contributed by atoms with Crippen LogP contribution in [-0.4, -0.2) is 82.2 Å². The molecule has 2 aromatic carbocycles. The lowest BCUT2D eigenvalue weighted by Gasteiger charge is -2.35. The molecule has 10 nitrogen and oxygen atoms in total. The summed E-state index contributed by atoms with van der Waals surface area (Å²) in [5, 5.41) is 17.2. The molecule has 1 saturated heterocycles. The Labute approximate surface area is 266 Å². The molecule has 2 heterocycles. The van der Waals surface area contributed by atoms with E-state index in [1.807, 2.05) is 45.0 Å². The summed E-state index contributed by atoms with van der Waals surface area (Å²) in [4.78, 5) is 44.5. The van der Waals surface area contributed by atoms with E-state index in [-0.39, 0.29) is 42.7 Å². The highest BCUT2D eigenvalue weighted by atomic mass is 16.4. The minimum atomic E-state index is -0.959. The van der Waals surface area contributed by atoms with Crippen molar-refractivity contribution < 1.29 is 19.5 Å². The minimum absolute atomic E-state index is 0.0746. The van der Waals surface area contributed by atoms with Gasteiger partial charge in [-0.3, -0.25) is 19.1 Å². The number of carboxylic acids is 1. The van der Waals surface area contributed by atoms with E-state index in [1.165, 1.54) is 0 Å². The van der Waals surface area contributed by atoms with Crippen LogP contribution in [0.1, 0.15) is 68.2 Å². The summed E-state index contributed by atoms with van der Waals surface area (Å²) in [5.74, 6) is -1.06. The molecule has 1 saturated carbocycles. The van der Waals surface area contributed by atoms with Gasteiger partial charge in [0.1, 0.15) is 5.69 Å². The molecule has 1 aliphatic heterocycles. The van der Waals surface area contributed by atoms with Crippen LogP contribution in [0.15, 0.2) is 48.5 Å². The Balaban J connectivity index is 1.42. The second kappa shape index (κ2) is 13.4. The van der Waals surface area contributed by atoms with Gasteiger partial charge in [0.25, 0.3) is 5.91 Å². The van der Waals surface area contributed by atoms with Crippen LogP contribution in [0, 0.1) is 5.92 Å². The fraction of sp³-hybridized carbons (Fsp3) is 0.486. The molecule has 3 aromatic rings. The molecule has 240 valence electrons. The van der Waals surface area contributed by atoms with Gasteiger partial charge in [-0.1, -0.05) is 51.5 Å². The smallest absolute Gasteiger partial charge is 0.305 e. The molecule has 0 bridgehead atoms. The van der Waals surface area contributed by atoms with Crippen LogP contribution in [0.5, 0.6) is 0 Å². The SMILES string of the molecule is CN1CCN(c2ccc(-c3cccc(CN(CCC(=O)O)C(=O)c4cc(C(C)(C)C)nn4C)c3)cc2NC(=O)C2CCC2)CC1. The normalized spacial score (nSPS) is 15.9.